The molecule has 5 nitrogen and oxygen atoms in total. The second-order valence-corrected chi connectivity index (χ2v) is 5.94. The van der Waals surface area contributed by atoms with E-state index in [2.05, 4.69) is 31.5 Å². The topological polar surface area (TPSA) is 69.6 Å². The van der Waals surface area contributed by atoms with Gasteiger partial charge in [-0.15, -0.1) is 5.10 Å². The van der Waals surface area contributed by atoms with Gasteiger partial charge in [-0.2, -0.15) is 4.68 Å². The van der Waals surface area contributed by atoms with E-state index in [9.17, 15) is 0 Å². The van der Waals surface area contributed by atoms with Crippen molar-refractivity contribution in [2.75, 3.05) is 5.73 Å². The molecule has 0 spiro atoms. The van der Waals surface area contributed by atoms with Gasteiger partial charge in [-0.3, -0.25) is 0 Å². The van der Waals surface area contributed by atoms with Crippen LogP contribution in [0, 0.1) is 0 Å². The van der Waals surface area contributed by atoms with Crippen molar-refractivity contribution in [1.29, 1.82) is 0 Å². The molecule has 0 saturated carbocycles. The Bertz CT molecular complexity index is 818. The number of halogens is 3. The average molecular weight is 385 g/mol. The van der Waals surface area contributed by atoms with Crippen LogP contribution in [-0.4, -0.2) is 20.2 Å². The molecular weight excluding hydrogens is 377 g/mol. The fourth-order valence-electron chi connectivity index (χ4n) is 1.87. The van der Waals surface area contributed by atoms with E-state index in [-0.39, 0.29) is 0 Å². The molecule has 0 amide bonds. The van der Waals surface area contributed by atoms with E-state index in [0.717, 1.165) is 15.7 Å². The predicted octanol–water partition coefficient (Wildman–Crippen LogP) is 3.98. The maximum atomic E-state index is 5.95. The van der Waals surface area contributed by atoms with E-state index in [1.54, 1.807) is 28.9 Å². The zero-order valence-electron chi connectivity index (χ0n) is 10.5. The fraction of sp³-hybridized carbons (Fsp3) is 0. The number of aromatic nitrogens is 4. The third-order valence-electron chi connectivity index (χ3n) is 2.86. The zero-order valence-corrected chi connectivity index (χ0v) is 13.6. The standard InChI is InChI=1S/C13H8BrCl2N5/c14-9-6-8(15)2-4-12(9)21-13(18-19-20-21)7-1-3-10(16)11(17)5-7/h1-6H,17H2. The Morgan fingerprint density at radius 1 is 1.10 bits per heavy atom. The molecule has 1 aromatic heterocycles. The highest BCUT2D eigenvalue weighted by Crippen LogP contribution is 2.29. The molecule has 0 bridgehead atoms. The fourth-order valence-corrected chi connectivity index (χ4v) is 2.83. The van der Waals surface area contributed by atoms with Crippen LogP contribution in [0.2, 0.25) is 10.0 Å². The molecule has 0 aliphatic carbocycles. The predicted molar refractivity (Wildman–Crippen MR) is 86.7 cm³/mol. The Hall–Kier alpha value is -1.63. The first-order valence-corrected chi connectivity index (χ1v) is 7.40. The number of nitrogen functional groups attached to an aromatic ring is 1. The normalized spacial score (nSPS) is 10.8. The smallest absolute Gasteiger partial charge is 0.187 e. The molecule has 2 aromatic carbocycles. The molecule has 0 atom stereocenters. The summed E-state index contributed by atoms with van der Waals surface area (Å²) in [7, 11) is 0. The Kier molecular flexibility index (Phi) is 3.84. The minimum Gasteiger partial charge on any atom is -0.398 e. The van der Waals surface area contributed by atoms with E-state index in [0.29, 0.717) is 21.6 Å². The molecular formula is C13H8BrCl2N5. The van der Waals surface area contributed by atoms with Crippen molar-refractivity contribution < 1.29 is 0 Å². The van der Waals surface area contributed by atoms with Gasteiger partial charge < -0.3 is 5.73 Å². The summed E-state index contributed by atoms with van der Waals surface area (Å²) in [5.41, 5.74) is 7.84. The van der Waals surface area contributed by atoms with Gasteiger partial charge >= 0.3 is 0 Å². The number of hydrogen-bond acceptors (Lipinski definition) is 4. The lowest BCUT2D eigenvalue weighted by molar-refractivity contribution is 0.789. The van der Waals surface area contributed by atoms with Gasteiger partial charge in [0.2, 0.25) is 0 Å². The molecule has 8 heteroatoms. The number of rotatable bonds is 2. The number of anilines is 1. The highest BCUT2D eigenvalue weighted by atomic mass is 79.9. The Labute approximate surface area is 138 Å². The second-order valence-electron chi connectivity index (χ2n) is 4.25. The van der Waals surface area contributed by atoms with Gasteiger partial charge in [0.05, 0.1) is 16.4 Å². The highest BCUT2D eigenvalue weighted by Gasteiger charge is 2.14. The van der Waals surface area contributed by atoms with Gasteiger partial charge in [0.25, 0.3) is 0 Å². The van der Waals surface area contributed by atoms with Crippen LogP contribution < -0.4 is 5.73 Å². The molecule has 1 heterocycles. The van der Waals surface area contributed by atoms with Crippen LogP contribution in [0.5, 0.6) is 0 Å². The quantitative estimate of drug-likeness (QED) is 0.678. The number of nitrogens with two attached hydrogens (primary N) is 1. The molecule has 3 aromatic rings. The zero-order chi connectivity index (χ0) is 15.0. The molecule has 0 radical (unpaired) electrons. The van der Waals surface area contributed by atoms with E-state index >= 15 is 0 Å². The molecule has 0 aliphatic heterocycles. The van der Waals surface area contributed by atoms with Gasteiger partial charge in [-0.05, 0) is 62.8 Å². The number of nitrogens with zero attached hydrogens (tertiary/aromatic N) is 4. The van der Waals surface area contributed by atoms with E-state index in [1.807, 2.05) is 12.1 Å². The van der Waals surface area contributed by atoms with E-state index in [4.69, 9.17) is 28.9 Å². The average Bonchev–Trinajstić information content (AvgIpc) is 2.91. The summed E-state index contributed by atoms with van der Waals surface area (Å²) in [5.74, 6) is 0.557. The third kappa shape index (κ3) is 2.74. The van der Waals surface area contributed by atoms with Gasteiger partial charge in [0.15, 0.2) is 5.82 Å². The lowest BCUT2D eigenvalue weighted by atomic mass is 10.2. The molecule has 2 N–H and O–H groups in total. The summed E-state index contributed by atoms with van der Waals surface area (Å²) in [6, 6.07) is 10.6. The maximum Gasteiger partial charge on any atom is 0.187 e. The van der Waals surface area contributed by atoms with Gasteiger partial charge in [-0.25, -0.2) is 0 Å². The first kappa shape index (κ1) is 14.3. The second kappa shape index (κ2) is 5.63. The number of benzene rings is 2. The molecule has 0 unspecified atom stereocenters. The molecule has 21 heavy (non-hydrogen) atoms. The van der Waals surface area contributed by atoms with Crippen LogP contribution in [-0.2, 0) is 0 Å². The van der Waals surface area contributed by atoms with Gasteiger partial charge in [0.1, 0.15) is 0 Å². The highest BCUT2D eigenvalue weighted by molar-refractivity contribution is 9.10. The monoisotopic (exact) mass is 383 g/mol. The van der Waals surface area contributed by atoms with E-state index in [1.165, 1.54) is 0 Å². The molecule has 0 saturated heterocycles. The van der Waals surface area contributed by atoms with Crippen molar-refractivity contribution in [1.82, 2.24) is 20.2 Å². The Morgan fingerprint density at radius 3 is 2.62 bits per heavy atom. The summed E-state index contributed by atoms with van der Waals surface area (Å²) in [4.78, 5) is 0. The van der Waals surface area contributed by atoms with Crippen molar-refractivity contribution in [3.63, 3.8) is 0 Å². The maximum absolute atomic E-state index is 5.95. The number of tetrazole rings is 1. The Morgan fingerprint density at radius 2 is 1.90 bits per heavy atom. The molecule has 0 fully saturated rings. The lowest BCUT2D eigenvalue weighted by Gasteiger charge is -2.08. The van der Waals surface area contributed by atoms with Crippen LogP contribution in [0.1, 0.15) is 0 Å². The summed E-state index contributed by atoms with van der Waals surface area (Å²) in [6.07, 6.45) is 0. The first-order valence-electron chi connectivity index (χ1n) is 5.85. The molecule has 0 aliphatic rings. The van der Waals surface area contributed by atoms with Crippen molar-refractivity contribution in [3.8, 4) is 17.1 Å². The first-order chi connectivity index (χ1) is 10.1. The van der Waals surface area contributed by atoms with Crippen molar-refractivity contribution in [3.05, 3.63) is 50.9 Å². The van der Waals surface area contributed by atoms with Crippen molar-refractivity contribution in [2.24, 2.45) is 0 Å². The SMILES string of the molecule is Nc1cc(-c2nnnn2-c2ccc(Cl)cc2Br)ccc1Cl. The third-order valence-corrected chi connectivity index (χ3v) is 4.08. The van der Waals surface area contributed by atoms with Crippen LogP contribution in [0.4, 0.5) is 5.69 Å². The molecule has 106 valence electrons. The van der Waals surface area contributed by atoms with Crippen LogP contribution in [0.15, 0.2) is 40.9 Å². The molecule has 3 rings (SSSR count). The van der Waals surface area contributed by atoms with E-state index < -0.39 is 0 Å². The number of hydrogen-bond donors (Lipinski definition) is 1. The summed E-state index contributed by atoms with van der Waals surface area (Å²) >= 11 is 15.3. The summed E-state index contributed by atoms with van der Waals surface area (Å²) < 4.78 is 2.38. The Balaban J connectivity index is 2.14. The summed E-state index contributed by atoms with van der Waals surface area (Å²) in [6.45, 7) is 0. The minimum absolute atomic E-state index is 0.471. The van der Waals surface area contributed by atoms with Crippen LogP contribution in [0.25, 0.3) is 17.1 Å². The minimum atomic E-state index is 0.471. The van der Waals surface area contributed by atoms with Crippen LogP contribution >= 0.6 is 39.1 Å². The van der Waals surface area contributed by atoms with Crippen molar-refractivity contribution >= 4 is 44.8 Å². The van der Waals surface area contributed by atoms with Gasteiger partial charge in [-0.1, -0.05) is 23.2 Å². The van der Waals surface area contributed by atoms with Crippen LogP contribution in [0.3, 0.4) is 0 Å². The summed E-state index contributed by atoms with van der Waals surface area (Å²) in [5, 5.41) is 12.9. The largest absolute Gasteiger partial charge is 0.398 e. The lowest BCUT2D eigenvalue weighted by Crippen LogP contribution is -2.01. The van der Waals surface area contributed by atoms with Gasteiger partial charge in [0, 0.05) is 15.1 Å². The van der Waals surface area contributed by atoms with Crippen molar-refractivity contribution in [2.45, 2.75) is 0 Å².